The Morgan fingerprint density at radius 3 is 2.16 bits per heavy atom. The molecule has 134 valence electrons. The first-order valence-corrected chi connectivity index (χ1v) is 7.44. The predicted molar refractivity (Wildman–Crippen MR) is 78.2 cm³/mol. The van der Waals surface area contributed by atoms with Gasteiger partial charge in [0.2, 0.25) is 5.92 Å². The Labute approximate surface area is 140 Å². The molecule has 1 heterocycles. The molecule has 1 N–H and O–H groups in total. The zero-order chi connectivity index (χ0) is 18.3. The summed E-state index contributed by atoms with van der Waals surface area (Å²) in [5.74, 6) is -3.40. The summed E-state index contributed by atoms with van der Waals surface area (Å²) < 4.78 is 67.7. The van der Waals surface area contributed by atoms with Crippen LogP contribution in [0.4, 0.5) is 22.0 Å². The molecule has 0 bridgehead atoms. The van der Waals surface area contributed by atoms with Crippen molar-refractivity contribution in [2.24, 2.45) is 0 Å². The van der Waals surface area contributed by atoms with E-state index in [1.165, 1.54) is 24.4 Å². The molecule has 1 fully saturated rings. The second kappa shape index (κ2) is 5.94. The summed E-state index contributed by atoms with van der Waals surface area (Å²) in [6, 6.07) is 9.39. The monoisotopic (exact) mass is 359 g/mol. The molecular weight excluding hydrogens is 345 g/mol. The van der Waals surface area contributed by atoms with Gasteiger partial charge in [0, 0.05) is 24.5 Å². The number of halogens is 5. The Morgan fingerprint density at radius 1 is 1.04 bits per heavy atom. The molecule has 0 aliphatic heterocycles. The van der Waals surface area contributed by atoms with Gasteiger partial charge in [0.05, 0.1) is 5.69 Å². The van der Waals surface area contributed by atoms with Crippen LogP contribution in [0.15, 0.2) is 48.7 Å². The van der Waals surface area contributed by atoms with Crippen LogP contribution < -0.4 is 4.74 Å². The van der Waals surface area contributed by atoms with E-state index in [2.05, 4.69) is 9.72 Å². The van der Waals surface area contributed by atoms with Gasteiger partial charge in [-0.2, -0.15) is 0 Å². The van der Waals surface area contributed by atoms with Crippen molar-refractivity contribution in [3.8, 4) is 5.75 Å². The standard InChI is InChI=1S/C17H14F5NO2/c18-16(19)9-15(10-16,14(24)13-3-1-2-8-23-13)11-4-6-12(7-5-11)25-17(20,21)22/h1-8,14,24H,9-10H2. The number of nitrogens with zero attached hydrogens (tertiary/aromatic N) is 1. The molecule has 8 heteroatoms. The first kappa shape index (κ1) is 17.6. The van der Waals surface area contributed by atoms with Gasteiger partial charge in [0.15, 0.2) is 0 Å². The predicted octanol–water partition coefficient (Wildman–Crippen LogP) is 4.38. The van der Waals surface area contributed by atoms with E-state index in [4.69, 9.17) is 0 Å². The van der Waals surface area contributed by atoms with Crippen molar-refractivity contribution >= 4 is 0 Å². The Balaban J connectivity index is 1.92. The van der Waals surface area contributed by atoms with Gasteiger partial charge in [0.25, 0.3) is 0 Å². The molecule has 0 saturated heterocycles. The summed E-state index contributed by atoms with van der Waals surface area (Å²) >= 11 is 0. The van der Waals surface area contributed by atoms with Crippen molar-refractivity contribution in [1.29, 1.82) is 0 Å². The minimum Gasteiger partial charge on any atom is -0.406 e. The summed E-state index contributed by atoms with van der Waals surface area (Å²) in [4.78, 5) is 4.00. The topological polar surface area (TPSA) is 42.4 Å². The lowest BCUT2D eigenvalue weighted by molar-refractivity contribution is -0.274. The van der Waals surface area contributed by atoms with Crippen LogP contribution in [0.1, 0.15) is 30.2 Å². The molecule has 1 aliphatic carbocycles. The maximum atomic E-state index is 13.6. The minimum absolute atomic E-state index is 0.230. The first-order chi connectivity index (χ1) is 11.6. The zero-order valence-corrected chi connectivity index (χ0v) is 12.8. The number of alkyl halides is 5. The summed E-state index contributed by atoms with van der Waals surface area (Å²) in [6.45, 7) is 0. The molecule has 0 spiro atoms. The summed E-state index contributed by atoms with van der Waals surface area (Å²) in [6.07, 6.45) is -5.93. The Bertz CT molecular complexity index is 723. The first-order valence-electron chi connectivity index (χ1n) is 7.44. The van der Waals surface area contributed by atoms with E-state index in [1.807, 2.05) is 0 Å². The van der Waals surface area contributed by atoms with Crippen LogP contribution in [-0.2, 0) is 5.41 Å². The molecule has 0 amide bonds. The smallest absolute Gasteiger partial charge is 0.406 e. The molecule has 1 saturated carbocycles. The van der Waals surface area contributed by atoms with E-state index >= 15 is 0 Å². The minimum atomic E-state index is -4.84. The van der Waals surface area contributed by atoms with Gasteiger partial charge >= 0.3 is 6.36 Å². The van der Waals surface area contributed by atoms with Gasteiger partial charge in [0.1, 0.15) is 11.9 Å². The number of aliphatic hydroxyl groups excluding tert-OH is 1. The second-order valence-corrected chi connectivity index (χ2v) is 6.09. The van der Waals surface area contributed by atoms with Gasteiger partial charge in [-0.3, -0.25) is 4.98 Å². The van der Waals surface area contributed by atoms with Crippen LogP contribution in [0.25, 0.3) is 0 Å². The van der Waals surface area contributed by atoms with Crippen LogP contribution >= 0.6 is 0 Å². The molecule has 1 aromatic heterocycles. The van der Waals surface area contributed by atoms with E-state index in [0.717, 1.165) is 12.1 Å². The van der Waals surface area contributed by atoms with Crippen molar-refractivity contribution in [2.45, 2.75) is 36.6 Å². The number of benzene rings is 1. The van der Waals surface area contributed by atoms with Gasteiger partial charge in [-0.15, -0.1) is 13.2 Å². The molecule has 1 aromatic carbocycles. The second-order valence-electron chi connectivity index (χ2n) is 6.09. The molecule has 0 radical (unpaired) electrons. The zero-order valence-electron chi connectivity index (χ0n) is 12.8. The van der Waals surface area contributed by atoms with Gasteiger partial charge < -0.3 is 9.84 Å². The lowest BCUT2D eigenvalue weighted by Gasteiger charge is -2.50. The van der Waals surface area contributed by atoms with Crippen molar-refractivity contribution in [3.05, 3.63) is 59.9 Å². The van der Waals surface area contributed by atoms with Crippen molar-refractivity contribution in [3.63, 3.8) is 0 Å². The third kappa shape index (κ3) is 3.58. The highest BCUT2D eigenvalue weighted by Crippen LogP contribution is 2.59. The van der Waals surface area contributed by atoms with Crippen LogP contribution in [0, 0.1) is 0 Å². The highest BCUT2D eigenvalue weighted by Gasteiger charge is 2.61. The Kier molecular flexibility index (Phi) is 4.18. The van der Waals surface area contributed by atoms with Crippen LogP contribution in [-0.4, -0.2) is 22.4 Å². The van der Waals surface area contributed by atoms with Gasteiger partial charge in [-0.25, -0.2) is 8.78 Å². The number of aliphatic hydroxyl groups is 1. The van der Waals surface area contributed by atoms with Crippen LogP contribution in [0.2, 0.25) is 0 Å². The van der Waals surface area contributed by atoms with Crippen molar-refractivity contribution < 1.29 is 31.8 Å². The fourth-order valence-corrected chi connectivity index (χ4v) is 3.24. The maximum Gasteiger partial charge on any atom is 0.573 e. The number of hydrogen-bond donors (Lipinski definition) is 1. The fraction of sp³-hybridized carbons (Fsp3) is 0.353. The number of aromatic nitrogens is 1. The van der Waals surface area contributed by atoms with Crippen molar-refractivity contribution in [1.82, 2.24) is 4.98 Å². The molecule has 3 rings (SSSR count). The van der Waals surface area contributed by atoms with Gasteiger partial charge in [-0.1, -0.05) is 18.2 Å². The van der Waals surface area contributed by atoms with E-state index in [-0.39, 0.29) is 5.69 Å². The SMILES string of the molecule is OC(c1ccccn1)C1(c2ccc(OC(F)(F)F)cc2)CC(F)(F)C1. The number of hydrogen-bond acceptors (Lipinski definition) is 3. The Hall–Kier alpha value is -2.22. The molecule has 1 atom stereocenters. The lowest BCUT2D eigenvalue weighted by Crippen LogP contribution is -2.53. The number of rotatable bonds is 4. The summed E-state index contributed by atoms with van der Waals surface area (Å²) in [5, 5.41) is 10.6. The largest absolute Gasteiger partial charge is 0.573 e. The molecule has 3 nitrogen and oxygen atoms in total. The van der Waals surface area contributed by atoms with Crippen LogP contribution in [0.3, 0.4) is 0 Å². The number of ether oxygens (including phenoxy) is 1. The molecular formula is C17H14F5NO2. The molecule has 25 heavy (non-hydrogen) atoms. The average molecular weight is 359 g/mol. The van der Waals surface area contributed by atoms with Crippen molar-refractivity contribution in [2.75, 3.05) is 0 Å². The maximum absolute atomic E-state index is 13.6. The third-order valence-electron chi connectivity index (χ3n) is 4.30. The lowest BCUT2D eigenvalue weighted by atomic mass is 9.58. The molecule has 2 aromatic rings. The average Bonchev–Trinajstić information content (AvgIpc) is 2.51. The quantitative estimate of drug-likeness (QED) is 0.824. The van der Waals surface area contributed by atoms with E-state index in [0.29, 0.717) is 5.56 Å². The highest BCUT2D eigenvalue weighted by molar-refractivity contribution is 5.38. The highest BCUT2D eigenvalue weighted by atomic mass is 19.4. The third-order valence-corrected chi connectivity index (χ3v) is 4.30. The van der Waals surface area contributed by atoms with Gasteiger partial charge in [-0.05, 0) is 29.8 Å². The summed E-state index contributed by atoms with van der Waals surface area (Å²) in [5.41, 5.74) is -0.769. The van der Waals surface area contributed by atoms with E-state index in [9.17, 15) is 27.1 Å². The van der Waals surface area contributed by atoms with E-state index < -0.39 is 42.4 Å². The van der Waals surface area contributed by atoms with Crippen LogP contribution in [0.5, 0.6) is 5.75 Å². The molecule has 1 aliphatic rings. The Morgan fingerprint density at radius 2 is 1.68 bits per heavy atom. The summed E-state index contributed by atoms with van der Waals surface area (Å²) in [7, 11) is 0. The normalized spacial score (nSPS) is 19.8. The number of pyridine rings is 1. The molecule has 1 unspecified atom stereocenters. The van der Waals surface area contributed by atoms with E-state index in [1.54, 1.807) is 12.1 Å². The fourth-order valence-electron chi connectivity index (χ4n) is 3.24.